The maximum absolute atomic E-state index is 4.58. The second kappa shape index (κ2) is 7.19. The van der Waals surface area contributed by atoms with E-state index in [1.54, 1.807) is 0 Å². The molecule has 0 aliphatic heterocycles. The molecule has 18 heavy (non-hydrogen) atoms. The molecule has 2 N–H and O–H groups in total. The minimum absolute atomic E-state index is 0.339. The first-order valence-corrected chi connectivity index (χ1v) is 6.96. The maximum Gasteiger partial charge on any atom is 0.135 e. The molecule has 1 atom stereocenters. The first-order chi connectivity index (χ1) is 8.56. The topological polar surface area (TPSA) is 49.8 Å². The smallest absolute Gasteiger partial charge is 0.135 e. The van der Waals surface area contributed by atoms with E-state index in [4.69, 9.17) is 0 Å². The molecule has 0 saturated carbocycles. The van der Waals surface area contributed by atoms with Crippen LogP contribution in [-0.4, -0.2) is 22.6 Å². The number of aromatic nitrogens is 2. The van der Waals surface area contributed by atoms with Crippen molar-refractivity contribution in [2.75, 3.05) is 17.2 Å². The standard InChI is InChI=1S/C14H26N4/c1-6-8-11(5)16-13-9-12(15-7-2)17-14(18-13)10(3)4/h9-11H,6-8H2,1-5H3,(H2,15,16,17,18). The minimum atomic E-state index is 0.339. The number of anilines is 2. The number of hydrogen-bond acceptors (Lipinski definition) is 4. The fourth-order valence-electron chi connectivity index (χ4n) is 1.83. The molecule has 1 aromatic rings. The van der Waals surface area contributed by atoms with Crippen molar-refractivity contribution < 1.29 is 0 Å². The molecule has 0 aliphatic rings. The predicted octanol–water partition coefficient (Wildman–Crippen LogP) is 3.63. The molecule has 1 heterocycles. The Morgan fingerprint density at radius 2 is 1.78 bits per heavy atom. The first-order valence-electron chi connectivity index (χ1n) is 6.96. The van der Waals surface area contributed by atoms with Crippen LogP contribution < -0.4 is 10.6 Å². The summed E-state index contributed by atoms with van der Waals surface area (Å²) in [7, 11) is 0. The van der Waals surface area contributed by atoms with E-state index in [0.29, 0.717) is 12.0 Å². The molecule has 1 rings (SSSR count). The van der Waals surface area contributed by atoms with E-state index < -0.39 is 0 Å². The third-order valence-electron chi connectivity index (χ3n) is 2.73. The van der Waals surface area contributed by atoms with Gasteiger partial charge in [0.15, 0.2) is 0 Å². The van der Waals surface area contributed by atoms with Crippen molar-refractivity contribution in [3.8, 4) is 0 Å². The lowest BCUT2D eigenvalue weighted by atomic mass is 10.2. The number of rotatable bonds is 7. The van der Waals surface area contributed by atoms with Crippen LogP contribution in [0, 0.1) is 0 Å². The summed E-state index contributed by atoms with van der Waals surface area (Å²) in [6.07, 6.45) is 2.33. The van der Waals surface area contributed by atoms with Gasteiger partial charge in [-0.2, -0.15) is 0 Å². The lowest BCUT2D eigenvalue weighted by Gasteiger charge is -2.16. The molecule has 0 saturated heterocycles. The van der Waals surface area contributed by atoms with Crippen LogP contribution in [-0.2, 0) is 0 Å². The predicted molar refractivity (Wildman–Crippen MR) is 78.3 cm³/mol. The fourth-order valence-corrected chi connectivity index (χ4v) is 1.83. The molecule has 0 aliphatic carbocycles. The summed E-state index contributed by atoms with van der Waals surface area (Å²) in [6.45, 7) is 11.6. The van der Waals surface area contributed by atoms with Crippen LogP contribution in [0.15, 0.2) is 6.07 Å². The summed E-state index contributed by atoms with van der Waals surface area (Å²) in [5.74, 6) is 3.05. The van der Waals surface area contributed by atoms with E-state index in [0.717, 1.165) is 30.4 Å². The maximum atomic E-state index is 4.58. The van der Waals surface area contributed by atoms with E-state index in [-0.39, 0.29) is 0 Å². The molecule has 0 amide bonds. The molecule has 1 aromatic heterocycles. The number of hydrogen-bond donors (Lipinski definition) is 2. The van der Waals surface area contributed by atoms with Crippen molar-refractivity contribution in [1.29, 1.82) is 0 Å². The normalized spacial score (nSPS) is 12.6. The Kier molecular flexibility index (Phi) is 5.89. The average Bonchev–Trinajstić information content (AvgIpc) is 2.29. The van der Waals surface area contributed by atoms with Crippen molar-refractivity contribution in [3.05, 3.63) is 11.9 Å². The van der Waals surface area contributed by atoms with Gasteiger partial charge in [0.05, 0.1) is 0 Å². The van der Waals surface area contributed by atoms with Crippen molar-refractivity contribution in [3.63, 3.8) is 0 Å². The SMILES string of the molecule is CCCC(C)Nc1cc(NCC)nc(C(C)C)n1. The Morgan fingerprint density at radius 3 is 2.33 bits per heavy atom. The Hall–Kier alpha value is -1.32. The third-order valence-corrected chi connectivity index (χ3v) is 2.73. The monoisotopic (exact) mass is 250 g/mol. The summed E-state index contributed by atoms with van der Waals surface area (Å²) in [5, 5.41) is 6.70. The van der Waals surface area contributed by atoms with Gasteiger partial charge < -0.3 is 10.6 Å². The second-order valence-corrected chi connectivity index (χ2v) is 5.02. The highest BCUT2D eigenvalue weighted by Crippen LogP contribution is 2.18. The molecule has 0 fully saturated rings. The molecule has 4 heteroatoms. The Bertz CT molecular complexity index is 363. The summed E-state index contributed by atoms with van der Waals surface area (Å²) < 4.78 is 0. The Balaban J connectivity index is 2.88. The van der Waals surface area contributed by atoms with E-state index >= 15 is 0 Å². The van der Waals surface area contributed by atoms with Gasteiger partial charge in [0, 0.05) is 24.6 Å². The third kappa shape index (κ3) is 4.51. The highest BCUT2D eigenvalue weighted by molar-refractivity contribution is 5.48. The zero-order chi connectivity index (χ0) is 13.5. The van der Waals surface area contributed by atoms with Gasteiger partial charge in [0.1, 0.15) is 17.5 Å². The van der Waals surface area contributed by atoms with Crippen molar-refractivity contribution >= 4 is 11.6 Å². The van der Waals surface area contributed by atoms with Crippen molar-refractivity contribution in [2.24, 2.45) is 0 Å². The molecular weight excluding hydrogens is 224 g/mol. The summed E-state index contributed by atoms with van der Waals surface area (Å²) >= 11 is 0. The van der Waals surface area contributed by atoms with Crippen molar-refractivity contribution in [1.82, 2.24) is 9.97 Å². The average molecular weight is 250 g/mol. The zero-order valence-electron chi connectivity index (χ0n) is 12.2. The van der Waals surface area contributed by atoms with E-state index in [2.05, 4.69) is 55.2 Å². The van der Waals surface area contributed by atoms with Crippen LogP contribution in [0.4, 0.5) is 11.6 Å². The summed E-state index contributed by atoms with van der Waals surface area (Å²) in [6, 6.07) is 2.43. The Morgan fingerprint density at radius 1 is 1.11 bits per heavy atom. The molecular formula is C14H26N4. The molecule has 1 unspecified atom stereocenters. The largest absolute Gasteiger partial charge is 0.370 e. The first kappa shape index (κ1) is 14.7. The van der Waals surface area contributed by atoms with Crippen LogP contribution in [0.1, 0.15) is 59.2 Å². The summed E-state index contributed by atoms with van der Waals surface area (Å²) in [5.41, 5.74) is 0. The highest BCUT2D eigenvalue weighted by atomic mass is 15.1. The van der Waals surface area contributed by atoms with Gasteiger partial charge in [-0.05, 0) is 20.3 Å². The van der Waals surface area contributed by atoms with Gasteiger partial charge in [-0.15, -0.1) is 0 Å². The van der Waals surface area contributed by atoms with E-state index in [9.17, 15) is 0 Å². The zero-order valence-corrected chi connectivity index (χ0v) is 12.2. The molecule has 4 nitrogen and oxygen atoms in total. The van der Waals surface area contributed by atoms with Crippen LogP contribution in [0.5, 0.6) is 0 Å². The van der Waals surface area contributed by atoms with E-state index in [1.165, 1.54) is 6.42 Å². The highest BCUT2D eigenvalue weighted by Gasteiger charge is 2.09. The molecule has 0 aromatic carbocycles. The Labute approximate surface area is 111 Å². The van der Waals surface area contributed by atoms with Gasteiger partial charge >= 0.3 is 0 Å². The summed E-state index contributed by atoms with van der Waals surface area (Å²) in [4.78, 5) is 9.09. The number of nitrogens with one attached hydrogen (secondary N) is 2. The molecule has 0 spiro atoms. The minimum Gasteiger partial charge on any atom is -0.370 e. The van der Waals surface area contributed by atoms with Gasteiger partial charge in [0.25, 0.3) is 0 Å². The second-order valence-electron chi connectivity index (χ2n) is 5.02. The van der Waals surface area contributed by atoms with Crippen molar-refractivity contribution in [2.45, 2.75) is 59.4 Å². The van der Waals surface area contributed by atoms with Crippen LogP contribution >= 0.6 is 0 Å². The van der Waals surface area contributed by atoms with Gasteiger partial charge in [-0.1, -0.05) is 27.2 Å². The van der Waals surface area contributed by atoms with E-state index in [1.807, 2.05) is 6.07 Å². The molecule has 102 valence electrons. The van der Waals surface area contributed by atoms with Crippen LogP contribution in [0.2, 0.25) is 0 Å². The fraction of sp³-hybridized carbons (Fsp3) is 0.714. The number of nitrogens with zero attached hydrogens (tertiary/aromatic N) is 2. The van der Waals surface area contributed by atoms with Gasteiger partial charge in [0.2, 0.25) is 0 Å². The lowest BCUT2D eigenvalue weighted by molar-refractivity contribution is 0.683. The van der Waals surface area contributed by atoms with Gasteiger partial charge in [-0.25, -0.2) is 9.97 Å². The van der Waals surface area contributed by atoms with Crippen LogP contribution in [0.3, 0.4) is 0 Å². The lowest BCUT2D eigenvalue weighted by Crippen LogP contribution is -2.17. The van der Waals surface area contributed by atoms with Crippen LogP contribution in [0.25, 0.3) is 0 Å². The quantitative estimate of drug-likeness (QED) is 0.776. The van der Waals surface area contributed by atoms with Gasteiger partial charge in [-0.3, -0.25) is 0 Å². The molecule has 0 radical (unpaired) electrons. The molecule has 0 bridgehead atoms.